The van der Waals surface area contributed by atoms with Gasteiger partial charge in [-0.3, -0.25) is 9.55 Å². The standard InChI is InChI=1S/C48H36N4/c1-48(2,3)35-27-39-38-20-8-9-22-41(38)50-45(39)40(28-35)47-51-46-37(21-12-24-44(46)52(47)43-23-11-16-30-13-6-7-19-36(30)43)32-17-10-18-33(25-32)42-26-31-14-4-5-15-34(31)29-49-42/h4-29,50H,1-3H3. The lowest BCUT2D eigenvalue weighted by Crippen LogP contribution is -2.11. The number of hydrogen-bond donors (Lipinski definition) is 1. The first-order valence-electron chi connectivity index (χ1n) is 17.9. The SMILES string of the molecule is CC(C)(C)c1cc(-c2nc3c(-c4cccc(-c5cc6ccccc6cn5)c4)cccc3n2-c2cccc3ccccc23)c2[nH]c3ccccc3c2c1. The van der Waals surface area contributed by atoms with Gasteiger partial charge in [-0.25, -0.2) is 4.98 Å². The van der Waals surface area contributed by atoms with Crippen molar-refractivity contribution in [1.29, 1.82) is 0 Å². The smallest absolute Gasteiger partial charge is 0.147 e. The summed E-state index contributed by atoms with van der Waals surface area (Å²) in [7, 11) is 0. The van der Waals surface area contributed by atoms with Gasteiger partial charge in [-0.15, -0.1) is 0 Å². The molecular weight excluding hydrogens is 633 g/mol. The van der Waals surface area contributed by atoms with Crippen molar-refractivity contribution in [3.8, 4) is 39.5 Å². The molecule has 4 heteroatoms. The molecule has 1 N–H and O–H groups in total. The van der Waals surface area contributed by atoms with Crippen LogP contribution >= 0.6 is 0 Å². The third kappa shape index (κ3) is 4.83. The highest BCUT2D eigenvalue weighted by Crippen LogP contribution is 2.42. The van der Waals surface area contributed by atoms with Crippen molar-refractivity contribution in [1.82, 2.24) is 19.5 Å². The van der Waals surface area contributed by atoms with E-state index in [-0.39, 0.29) is 5.41 Å². The summed E-state index contributed by atoms with van der Waals surface area (Å²) in [6.07, 6.45) is 1.96. The largest absolute Gasteiger partial charge is 0.354 e. The van der Waals surface area contributed by atoms with Crippen molar-refractivity contribution in [3.05, 3.63) is 163 Å². The van der Waals surface area contributed by atoms with Crippen LogP contribution in [0.15, 0.2) is 158 Å². The van der Waals surface area contributed by atoms with Crippen LogP contribution < -0.4 is 0 Å². The van der Waals surface area contributed by atoms with Crippen molar-refractivity contribution < 1.29 is 0 Å². The number of rotatable bonds is 4. The lowest BCUT2D eigenvalue weighted by molar-refractivity contribution is 0.591. The molecule has 0 bridgehead atoms. The molecule has 0 aliphatic rings. The van der Waals surface area contributed by atoms with E-state index < -0.39 is 0 Å². The average molecular weight is 669 g/mol. The Morgan fingerprint density at radius 1 is 0.558 bits per heavy atom. The van der Waals surface area contributed by atoms with Crippen LogP contribution in [0.25, 0.3) is 93.8 Å². The van der Waals surface area contributed by atoms with Crippen molar-refractivity contribution >= 4 is 54.4 Å². The molecule has 0 saturated carbocycles. The maximum atomic E-state index is 5.66. The molecule has 0 saturated heterocycles. The normalized spacial score (nSPS) is 12.1. The zero-order valence-electron chi connectivity index (χ0n) is 29.4. The molecule has 0 atom stereocenters. The Hall–Kier alpha value is -6.52. The van der Waals surface area contributed by atoms with Crippen molar-refractivity contribution in [2.45, 2.75) is 26.2 Å². The number of nitrogens with one attached hydrogen (secondary N) is 1. The zero-order valence-corrected chi connectivity index (χ0v) is 29.4. The second-order valence-corrected chi connectivity index (χ2v) is 14.8. The minimum absolute atomic E-state index is 0.0694. The fourth-order valence-electron chi connectivity index (χ4n) is 7.81. The quantitative estimate of drug-likeness (QED) is 0.203. The van der Waals surface area contributed by atoms with Gasteiger partial charge in [0.25, 0.3) is 0 Å². The lowest BCUT2D eigenvalue weighted by Gasteiger charge is -2.21. The molecule has 0 aliphatic heterocycles. The summed E-state index contributed by atoms with van der Waals surface area (Å²) >= 11 is 0. The summed E-state index contributed by atoms with van der Waals surface area (Å²) in [6.45, 7) is 6.86. The summed E-state index contributed by atoms with van der Waals surface area (Å²) in [6, 6.07) is 54.4. The fraction of sp³-hybridized carbons (Fsp3) is 0.0833. The summed E-state index contributed by atoms with van der Waals surface area (Å²) in [5.41, 5.74) is 11.8. The first kappa shape index (κ1) is 30.3. The Labute approximate surface area is 302 Å². The number of pyridine rings is 1. The summed E-state index contributed by atoms with van der Waals surface area (Å²) < 4.78 is 2.38. The molecule has 4 nitrogen and oxygen atoms in total. The van der Waals surface area contributed by atoms with Gasteiger partial charge in [0.1, 0.15) is 5.82 Å². The van der Waals surface area contributed by atoms with E-state index in [0.717, 1.165) is 66.9 Å². The first-order chi connectivity index (χ1) is 25.4. The average Bonchev–Trinajstić information content (AvgIpc) is 3.76. The Kier molecular flexibility index (Phi) is 6.71. The molecule has 0 fully saturated rings. The second kappa shape index (κ2) is 11.5. The van der Waals surface area contributed by atoms with Crippen LogP contribution in [0.4, 0.5) is 0 Å². The number of aromatic nitrogens is 4. The van der Waals surface area contributed by atoms with Crippen LogP contribution in [0.3, 0.4) is 0 Å². The van der Waals surface area contributed by atoms with E-state index in [0.29, 0.717) is 0 Å². The number of benzene rings is 7. The fourth-order valence-corrected chi connectivity index (χ4v) is 7.81. The van der Waals surface area contributed by atoms with Gasteiger partial charge in [0.15, 0.2) is 0 Å². The van der Waals surface area contributed by atoms with Gasteiger partial charge in [0.05, 0.1) is 27.9 Å². The minimum atomic E-state index is -0.0694. The topological polar surface area (TPSA) is 46.5 Å². The van der Waals surface area contributed by atoms with Crippen LogP contribution in [0.2, 0.25) is 0 Å². The maximum absolute atomic E-state index is 5.66. The molecule has 248 valence electrons. The number of hydrogen-bond acceptors (Lipinski definition) is 2. The van der Waals surface area contributed by atoms with Crippen molar-refractivity contribution in [2.75, 3.05) is 0 Å². The van der Waals surface area contributed by atoms with E-state index in [1.165, 1.54) is 32.5 Å². The number of fused-ring (bicyclic) bond motifs is 6. The van der Waals surface area contributed by atoms with Gasteiger partial charge < -0.3 is 4.98 Å². The number of nitrogens with zero attached hydrogens (tertiary/aromatic N) is 3. The molecule has 52 heavy (non-hydrogen) atoms. The predicted octanol–water partition coefficient (Wildman–Crippen LogP) is 12.7. The Morgan fingerprint density at radius 3 is 2.13 bits per heavy atom. The molecule has 0 radical (unpaired) electrons. The van der Waals surface area contributed by atoms with Gasteiger partial charge in [0.2, 0.25) is 0 Å². The van der Waals surface area contributed by atoms with E-state index in [4.69, 9.17) is 9.97 Å². The molecule has 0 spiro atoms. The minimum Gasteiger partial charge on any atom is -0.354 e. The molecule has 10 rings (SSSR count). The molecule has 0 unspecified atom stereocenters. The number of imidazole rings is 1. The van der Waals surface area contributed by atoms with Crippen molar-refractivity contribution in [2.24, 2.45) is 0 Å². The highest BCUT2D eigenvalue weighted by atomic mass is 15.1. The monoisotopic (exact) mass is 668 g/mol. The molecular formula is C48H36N4. The van der Waals surface area contributed by atoms with E-state index in [1.807, 2.05) is 6.20 Å². The molecule has 10 aromatic rings. The molecule has 3 heterocycles. The first-order valence-corrected chi connectivity index (χ1v) is 17.9. The van der Waals surface area contributed by atoms with E-state index in [9.17, 15) is 0 Å². The van der Waals surface area contributed by atoms with Gasteiger partial charge in [-0.2, -0.15) is 0 Å². The molecule has 0 aliphatic carbocycles. The molecule has 3 aromatic heterocycles. The van der Waals surface area contributed by atoms with Gasteiger partial charge in [-0.1, -0.05) is 130 Å². The maximum Gasteiger partial charge on any atom is 0.147 e. The Balaban J connectivity index is 1.27. The summed E-state index contributed by atoms with van der Waals surface area (Å²) in [4.78, 5) is 14.3. The van der Waals surface area contributed by atoms with E-state index in [1.54, 1.807) is 0 Å². The van der Waals surface area contributed by atoms with Crippen LogP contribution in [-0.4, -0.2) is 19.5 Å². The van der Waals surface area contributed by atoms with E-state index >= 15 is 0 Å². The van der Waals surface area contributed by atoms with Crippen LogP contribution in [-0.2, 0) is 5.41 Å². The molecule has 7 aromatic carbocycles. The third-order valence-electron chi connectivity index (χ3n) is 10.5. The van der Waals surface area contributed by atoms with Crippen LogP contribution in [0.5, 0.6) is 0 Å². The number of para-hydroxylation sites is 2. The van der Waals surface area contributed by atoms with E-state index in [2.05, 4.69) is 182 Å². The summed E-state index contributed by atoms with van der Waals surface area (Å²) in [5.74, 6) is 0.911. The Morgan fingerprint density at radius 2 is 1.27 bits per heavy atom. The van der Waals surface area contributed by atoms with Crippen molar-refractivity contribution in [3.63, 3.8) is 0 Å². The highest BCUT2D eigenvalue weighted by Gasteiger charge is 2.25. The summed E-state index contributed by atoms with van der Waals surface area (Å²) in [5, 5.41) is 7.12. The molecule has 0 amide bonds. The lowest BCUT2D eigenvalue weighted by atomic mass is 9.85. The third-order valence-corrected chi connectivity index (χ3v) is 10.5. The van der Waals surface area contributed by atoms with Crippen LogP contribution in [0.1, 0.15) is 26.3 Å². The number of H-pyrrole nitrogens is 1. The zero-order chi connectivity index (χ0) is 35.0. The van der Waals surface area contributed by atoms with Crippen LogP contribution in [0, 0.1) is 0 Å². The predicted molar refractivity (Wildman–Crippen MR) is 218 cm³/mol. The van der Waals surface area contributed by atoms with Gasteiger partial charge in [0, 0.05) is 49.9 Å². The second-order valence-electron chi connectivity index (χ2n) is 14.8. The van der Waals surface area contributed by atoms with Gasteiger partial charge in [-0.05, 0) is 69.8 Å². The van der Waals surface area contributed by atoms with Gasteiger partial charge >= 0.3 is 0 Å². The highest BCUT2D eigenvalue weighted by molar-refractivity contribution is 6.13. The number of aromatic amines is 1. The Bertz CT molecular complexity index is 3000.